The molecule has 5 nitrogen and oxygen atoms in total. The normalized spacial score (nSPS) is 16.7. The Balaban J connectivity index is 1.87. The van der Waals surface area contributed by atoms with Gasteiger partial charge in [-0.2, -0.15) is 0 Å². The number of benzene rings is 1. The molecule has 2 atom stereocenters. The summed E-state index contributed by atoms with van der Waals surface area (Å²) in [6.45, 7) is 6.02. The van der Waals surface area contributed by atoms with Crippen molar-refractivity contribution in [2.75, 3.05) is 5.32 Å². The second-order valence-electron chi connectivity index (χ2n) is 6.85. The van der Waals surface area contributed by atoms with Crippen molar-refractivity contribution in [3.8, 4) is 0 Å². The first-order chi connectivity index (χ1) is 10.9. The molecule has 0 radical (unpaired) electrons. The van der Waals surface area contributed by atoms with Crippen molar-refractivity contribution in [1.29, 1.82) is 0 Å². The van der Waals surface area contributed by atoms with Crippen molar-refractivity contribution in [3.63, 3.8) is 0 Å². The molecule has 0 aromatic heterocycles. The van der Waals surface area contributed by atoms with Gasteiger partial charge in [0.25, 0.3) is 0 Å². The molecule has 0 spiro atoms. The molecule has 0 bridgehead atoms. The lowest BCUT2D eigenvalue weighted by molar-refractivity contribution is -0.123. The predicted octanol–water partition coefficient (Wildman–Crippen LogP) is 2.59. The highest BCUT2D eigenvalue weighted by Gasteiger charge is 2.29. The Kier molecular flexibility index (Phi) is 5.77. The number of nitrogens with two attached hydrogens (primary N) is 1. The largest absolute Gasteiger partial charge is 0.348 e. The highest BCUT2D eigenvalue weighted by molar-refractivity contribution is 5.94. The molecule has 1 aromatic rings. The first-order valence-electron chi connectivity index (χ1n) is 8.33. The van der Waals surface area contributed by atoms with E-state index in [1.165, 1.54) is 0 Å². The van der Waals surface area contributed by atoms with Crippen molar-refractivity contribution in [1.82, 2.24) is 5.32 Å². The summed E-state index contributed by atoms with van der Waals surface area (Å²) in [5.41, 5.74) is 7.68. The Morgan fingerprint density at radius 1 is 1.17 bits per heavy atom. The van der Waals surface area contributed by atoms with Gasteiger partial charge in [0.05, 0.1) is 12.1 Å². The molecule has 2 rings (SSSR count). The molecule has 1 saturated carbocycles. The summed E-state index contributed by atoms with van der Waals surface area (Å²) in [5.74, 6) is 0.548. The zero-order valence-electron chi connectivity index (χ0n) is 14.1. The van der Waals surface area contributed by atoms with E-state index < -0.39 is 6.04 Å². The molecule has 0 saturated heterocycles. The van der Waals surface area contributed by atoms with E-state index in [0.717, 1.165) is 24.1 Å². The van der Waals surface area contributed by atoms with E-state index in [1.807, 2.05) is 45.0 Å². The fourth-order valence-corrected chi connectivity index (χ4v) is 2.46. The minimum Gasteiger partial charge on any atom is -0.348 e. The van der Waals surface area contributed by atoms with Crippen LogP contribution < -0.4 is 16.4 Å². The molecule has 4 N–H and O–H groups in total. The summed E-state index contributed by atoms with van der Waals surface area (Å²) in [5, 5.41) is 5.84. The molecule has 2 amide bonds. The van der Waals surface area contributed by atoms with Gasteiger partial charge in [-0.1, -0.05) is 26.0 Å². The molecule has 0 heterocycles. The summed E-state index contributed by atoms with van der Waals surface area (Å²) < 4.78 is 0. The van der Waals surface area contributed by atoms with Gasteiger partial charge in [-0.15, -0.1) is 0 Å². The molecule has 1 aliphatic carbocycles. The fraction of sp³-hybridized carbons (Fsp3) is 0.556. The molecule has 0 aliphatic heterocycles. The Morgan fingerprint density at radius 2 is 1.78 bits per heavy atom. The molecule has 5 heteroatoms. The van der Waals surface area contributed by atoms with Gasteiger partial charge in [0.2, 0.25) is 11.8 Å². The van der Waals surface area contributed by atoms with Crippen LogP contribution in [-0.2, 0) is 9.59 Å². The highest BCUT2D eigenvalue weighted by Crippen LogP contribution is 2.30. The lowest BCUT2D eigenvalue weighted by atomic mass is 10.0. The van der Waals surface area contributed by atoms with Gasteiger partial charge in [0.15, 0.2) is 0 Å². The first kappa shape index (κ1) is 17.5. The number of nitrogens with one attached hydrogen (secondary N) is 2. The van der Waals surface area contributed by atoms with E-state index in [0.29, 0.717) is 12.3 Å². The van der Waals surface area contributed by atoms with Crippen LogP contribution in [0, 0.1) is 11.8 Å². The van der Waals surface area contributed by atoms with Crippen LogP contribution in [0.4, 0.5) is 5.69 Å². The number of carbonyl (C=O) groups excluding carboxylic acids is 2. The number of hydrogen-bond donors (Lipinski definition) is 3. The van der Waals surface area contributed by atoms with Gasteiger partial charge in [0.1, 0.15) is 0 Å². The molecule has 126 valence electrons. The monoisotopic (exact) mass is 317 g/mol. The minimum atomic E-state index is -0.477. The summed E-state index contributed by atoms with van der Waals surface area (Å²) in [6.07, 6.45) is 2.65. The summed E-state index contributed by atoms with van der Waals surface area (Å²) in [4.78, 5) is 23.8. The highest BCUT2D eigenvalue weighted by atomic mass is 16.2. The van der Waals surface area contributed by atoms with E-state index in [9.17, 15) is 9.59 Å². The SMILES string of the molecule is CC(C)C[C@H](N)C(=O)NC(C)c1ccc(NC(=O)C2CC2)cc1. The van der Waals surface area contributed by atoms with E-state index >= 15 is 0 Å². The van der Waals surface area contributed by atoms with Crippen LogP contribution in [0.3, 0.4) is 0 Å². The third kappa shape index (κ3) is 5.36. The van der Waals surface area contributed by atoms with Crippen LogP contribution in [-0.4, -0.2) is 17.9 Å². The molecule has 1 aromatic carbocycles. The topological polar surface area (TPSA) is 84.2 Å². The van der Waals surface area contributed by atoms with Crippen LogP contribution >= 0.6 is 0 Å². The Morgan fingerprint density at radius 3 is 2.30 bits per heavy atom. The quantitative estimate of drug-likeness (QED) is 0.722. The van der Waals surface area contributed by atoms with Crippen LogP contribution in [0.5, 0.6) is 0 Å². The third-order valence-corrected chi connectivity index (χ3v) is 4.05. The third-order valence-electron chi connectivity index (χ3n) is 4.05. The summed E-state index contributed by atoms with van der Waals surface area (Å²) in [7, 11) is 0. The van der Waals surface area contributed by atoms with Gasteiger partial charge in [-0.3, -0.25) is 9.59 Å². The maximum Gasteiger partial charge on any atom is 0.237 e. The molecular weight excluding hydrogens is 290 g/mol. The van der Waals surface area contributed by atoms with E-state index in [2.05, 4.69) is 10.6 Å². The molecular formula is C18H27N3O2. The van der Waals surface area contributed by atoms with Crippen molar-refractivity contribution in [3.05, 3.63) is 29.8 Å². The number of rotatable bonds is 7. The van der Waals surface area contributed by atoms with Gasteiger partial charge in [-0.05, 0) is 49.8 Å². The fourth-order valence-electron chi connectivity index (χ4n) is 2.46. The number of amides is 2. The Hall–Kier alpha value is -1.88. The lowest BCUT2D eigenvalue weighted by Crippen LogP contribution is -2.42. The second-order valence-corrected chi connectivity index (χ2v) is 6.85. The zero-order valence-corrected chi connectivity index (χ0v) is 14.1. The predicted molar refractivity (Wildman–Crippen MR) is 91.8 cm³/mol. The number of carbonyl (C=O) groups is 2. The minimum absolute atomic E-state index is 0.0961. The average molecular weight is 317 g/mol. The first-order valence-corrected chi connectivity index (χ1v) is 8.33. The van der Waals surface area contributed by atoms with Gasteiger partial charge >= 0.3 is 0 Å². The van der Waals surface area contributed by atoms with Crippen molar-refractivity contribution >= 4 is 17.5 Å². The molecule has 1 fully saturated rings. The van der Waals surface area contributed by atoms with Crippen LogP contribution in [0.2, 0.25) is 0 Å². The number of anilines is 1. The van der Waals surface area contributed by atoms with Crippen molar-refractivity contribution in [2.45, 2.75) is 52.1 Å². The average Bonchev–Trinajstić information content (AvgIpc) is 3.31. The van der Waals surface area contributed by atoms with E-state index in [1.54, 1.807) is 0 Å². The van der Waals surface area contributed by atoms with Crippen LogP contribution in [0.25, 0.3) is 0 Å². The number of hydrogen-bond acceptors (Lipinski definition) is 3. The van der Waals surface area contributed by atoms with Crippen molar-refractivity contribution in [2.24, 2.45) is 17.6 Å². The van der Waals surface area contributed by atoms with Gasteiger partial charge < -0.3 is 16.4 Å². The van der Waals surface area contributed by atoms with Gasteiger partial charge in [0, 0.05) is 11.6 Å². The Bertz CT molecular complexity index is 550. The zero-order chi connectivity index (χ0) is 17.0. The maximum atomic E-state index is 12.1. The van der Waals surface area contributed by atoms with Crippen molar-refractivity contribution < 1.29 is 9.59 Å². The molecule has 1 unspecified atom stereocenters. The van der Waals surface area contributed by atoms with Gasteiger partial charge in [-0.25, -0.2) is 0 Å². The maximum absolute atomic E-state index is 12.1. The Labute approximate surface area is 138 Å². The van der Waals surface area contributed by atoms with Crippen LogP contribution in [0.1, 0.15) is 51.6 Å². The van der Waals surface area contributed by atoms with E-state index in [-0.39, 0.29) is 23.8 Å². The van der Waals surface area contributed by atoms with Crippen LogP contribution in [0.15, 0.2) is 24.3 Å². The smallest absolute Gasteiger partial charge is 0.237 e. The summed E-state index contributed by atoms with van der Waals surface area (Å²) in [6, 6.07) is 6.98. The summed E-state index contributed by atoms with van der Waals surface area (Å²) >= 11 is 0. The standard InChI is InChI=1S/C18H27N3O2/c1-11(2)10-16(19)18(23)20-12(3)13-6-8-15(9-7-13)21-17(22)14-4-5-14/h6-9,11-12,14,16H,4-5,10,19H2,1-3H3,(H,20,23)(H,21,22)/t12?,16-/m0/s1. The molecule has 23 heavy (non-hydrogen) atoms. The molecule has 1 aliphatic rings. The lowest BCUT2D eigenvalue weighted by Gasteiger charge is -2.19. The second kappa shape index (κ2) is 7.59. The van der Waals surface area contributed by atoms with E-state index in [4.69, 9.17) is 5.73 Å².